The van der Waals surface area contributed by atoms with Crippen LogP contribution in [0, 0.1) is 0 Å². The summed E-state index contributed by atoms with van der Waals surface area (Å²) in [5.41, 5.74) is 2.39. The van der Waals surface area contributed by atoms with Crippen LogP contribution in [0.5, 0.6) is 0 Å². The van der Waals surface area contributed by atoms with Gasteiger partial charge in [-0.25, -0.2) is 4.98 Å². The molecule has 0 unspecified atom stereocenters. The van der Waals surface area contributed by atoms with Gasteiger partial charge in [-0.05, 0) is 12.1 Å². The number of aromatic amines is 1. The Kier molecular flexibility index (Phi) is 1.59. The maximum absolute atomic E-state index is 3.32. The predicted molar refractivity (Wildman–Crippen MR) is 69.0 cm³/mol. The standard InChI is InChI=1S/C15H10N2/c1-2-7-13-11(5-1)12-6-3-4-8-14(12)17-10-9-16-15(13)17/h1-10H/p+1. The summed E-state index contributed by atoms with van der Waals surface area (Å²) in [4.78, 5) is 3.32. The van der Waals surface area contributed by atoms with Crippen LogP contribution in [0.4, 0.5) is 0 Å². The van der Waals surface area contributed by atoms with Crippen LogP contribution < -0.4 is 4.40 Å². The third kappa shape index (κ3) is 1.07. The molecule has 2 heterocycles. The van der Waals surface area contributed by atoms with E-state index >= 15 is 0 Å². The van der Waals surface area contributed by atoms with Gasteiger partial charge < -0.3 is 0 Å². The number of pyridine rings is 1. The van der Waals surface area contributed by atoms with Crippen molar-refractivity contribution in [1.29, 1.82) is 0 Å². The number of imidazole rings is 1. The van der Waals surface area contributed by atoms with Gasteiger partial charge in [0.25, 0.3) is 5.65 Å². The quantitative estimate of drug-likeness (QED) is 0.346. The molecule has 0 aliphatic rings. The zero-order valence-corrected chi connectivity index (χ0v) is 9.22. The number of H-pyrrole nitrogens is 1. The van der Waals surface area contributed by atoms with Crippen LogP contribution >= 0.6 is 0 Å². The largest absolute Gasteiger partial charge is 0.292 e. The van der Waals surface area contributed by atoms with Crippen molar-refractivity contribution in [3.63, 3.8) is 0 Å². The number of nitrogens with zero attached hydrogens (tertiary/aromatic N) is 1. The Morgan fingerprint density at radius 3 is 2.35 bits per heavy atom. The monoisotopic (exact) mass is 219 g/mol. The number of hydrogen-bond acceptors (Lipinski definition) is 0. The molecule has 0 saturated heterocycles. The number of nitrogens with one attached hydrogen (secondary N) is 1. The fraction of sp³-hybridized carbons (Fsp3) is 0. The van der Waals surface area contributed by atoms with Gasteiger partial charge in [0.15, 0.2) is 0 Å². The van der Waals surface area contributed by atoms with Gasteiger partial charge in [-0.1, -0.05) is 36.4 Å². The molecule has 0 saturated carbocycles. The first-order valence-corrected chi connectivity index (χ1v) is 5.73. The fourth-order valence-corrected chi connectivity index (χ4v) is 2.58. The van der Waals surface area contributed by atoms with Crippen LogP contribution in [0.1, 0.15) is 0 Å². The molecule has 2 nitrogen and oxygen atoms in total. The predicted octanol–water partition coefficient (Wildman–Crippen LogP) is 3.06. The lowest BCUT2D eigenvalue weighted by Gasteiger charge is -2.02. The fourth-order valence-electron chi connectivity index (χ4n) is 2.58. The summed E-state index contributed by atoms with van der Waals surface area (Å²) in [6.07, 6.45) is 4.05. The lowest BCUT2D eigenvalue weighted by atomic mass is 10.1. The second kappa shape index (κ2) is 3.08. The Morgan fingerprint density at radius 2 is 1.47 bits per heavy atom. The van der Waals surface area contributed by atoms with E-state index in [9.17, 15) is 0 Å². The Hall–Kier alpha value is -2.35. The molecule has 0 spiro atoms. The molecular formula is C15H11N2+. The van der Waals surface area contributed by atoms with E-state index in [4.69, 9.17) is 0 Å². The van der Waals surface area contributed by atoms with Crippen LogP contribution in [0.25, 0.3) is 27.3 Å². The molecule has 0 fully saturated rings. The minimum absolute atomic E-state index is 1.15. The summed E-state index contributed by atoms with van der Waals surface area (Å²) < 4.78 is 2.21. The lowest BCUT2D eigenvalue weighted by Crippen LogP contribution is -2.19. The molecule has 2 aromatic heterocycles. The molecule has 0 radical (unpaired) electrons. The maximum atomic E-state index is 3.32. The Labute approximate surface area is 98.1 Å². The number of hydrogen-bond donors (Lipinski definition) is 1. The van der Waals surface area contributed by atoms with Gasteiger partial charge in [0.05, 0.1) is 5.39 Å². The molecule has 80 valence electrons. The topological polar surface area (TPSA) is 19.9 Å². The molecular weight excluding hydrogens is 208 g/mol. The van der Waals surface area contributed by atoms with E-state index in [1.807, 2.05) is 6.20 Å². The zero-order valence-electron chi connectivity index (χ0n) is 9.22. The Morgan fingerprint density at radius 1 is 0.765 bits per heavy atom. The van der Waals surface area contributed by atoms with Crippen LogP contribution in [-0.4, -0.2) is 4.98 Å². The van der Waals surface area contributed by atoms with Gasteiger partial charge in [0.2, 0.25) is 0 Å². The highest BCUT2D eigenvalue weighted by Crippen LogP contribution is 2.24. The van der Waals surface area contributed by atoms with E-state index in [2.05, 4.69) is 64.1 Å². The van der Waals surface area contributed by atoms with Crippen LogP contribution in [-0.2, 0) is 0 Å². The summed E-state index contributed by atoms with van der Waals surface area (Å²) in [6.45, 7) is 0. The van der Waals surface area contributed by atoms with Crippen molar-refractivity contribution in [2.75, 3.05) is 0 Å². The second-order valence-electron chi connectivity index (χ2n) is 4.24. The SMILES string of the molecule is c1ccc2c(c1)c1ccccc1[n+]1cc[nH]c21. The Balaban J connectivity index is 2.48. The first-order valence-electron chi connectivity index (χ1n) is 5.73. The average molecular weight is 219 g/mol. The van der Waals surface area contributed by atoms with Gasteiger partial charge in [-0.3, -0.25) is 0 Å². The lowest BCUT2D eigenvalue weighted by molar-refractivity contribution is -0.478. The number of fused-ring (bicyclic) bond motifs is 6. The average Bonchev–Trinajstić information content (AvgIpc) is 2.89. The van der Waals surface area contributed by atoms with Crippen molar-refractivity contribution in [3.05, 3.63) is 60.9 Å². The summed E-state index contributed by atoms with van der Waals surface area (Å²) in [5, 5.41) is 3.85. The molecule has 0 bridgehead atoms. The summed E-state index contributed by atoms with van der Waals surface area (Å²) in [6, 6.07) is 17.0. The molecule has 0 aliphatic heterocycles. The van der Waals surface area contributed by atoms with E-state index in [1.54, 1.807) is 0 Å². The molecule has 17 heavy (non-hydrogen) atoms. The highest BCUT2D eigenvalue weighted by Gasteiger charge is 2.13. The van der Waals surface area contributed by atoms with Crippen LogP contribution in [0.15, 0.2) is 60.9 Å². The van der Waals surface area contributed by atoms with Crippen molar-refractivity contribution < 1.29 is 4.40 Å². The molecule has 0 amide bonds. The van der Waals surface area contributed by atoms with Crippen molar-refractivity contribution in [3.8, 4) is 0 Å². The van der Waals surface area contributed by atoms with E-state index in [0.29, 0.717) is 0 Å². The van der Waals surface area contributed by atoms with Crippen molar-refractivity contribution in [2.45, 2.75) is 0 Å². The summed E-state index contributed by atoms with van der Waals surface area (Å²) >= 11 is 0. The third-order valence-corrected chi connectivity index (χ3v) is 3.32. The summed E-state index contributed by atoms with van der Waals surface area (Å²) in [7, 11) is 0. The first-order chi connectivity index (χ1) is 8.45. The molecule has 2 aromatic carbocycles. The highest BCUT2D eigenvalue weighted by atomic mass is 15.0. The maximum Gasteiger partial charge on any atom is 0.292 e. The minimum atomic E-state index is 1.15. The van der Waals surface area contributed by atoms with Gasteiger partial charge in [-0.15, -0.1) is 0 Å². The van der Waals surface area contributed by atoms with Crippen molar-refractivity contribution in [2.24, 2.45) is 0 Å². The number of benzene rings is 2. The zero-order chi connectivity index (χ0) is 11.2. The third-order valence-electron chi connectivity index (χ3n) is 3.32. The summed E-state index contributed by atoms with van der Waals surface area (Å²) in [5.74, 6) is 0. The first kappa shape index (κ1) is 8.76. The second-order valence-corrected chi connectivity index (χ2v) is 4.24. The van der Waals surface area contributed by atoms with Gasteiger partial charge in [-0.2, -0.15) is 4.40 Å². The van der Waals surface area contributed by atoms with Gasteiger partial charge in [0.1, 0.15) is 17.9 Å². The van der Waals surface area contributed by atoms with Crippen LogP contribution in [0.3, 0.4) is 0 Å². The van der Waals surface area contributed by atoms with E-state index in [-0.39, 0.29) is 0 Å². The van der Waals surface area contributed by atoms with Crippen LogP contribution in [0.2, 0.25) is 0 Å². The van der Waals surface area contributed by atoms with Crippen molar-refractivity contribution in [1.82, 2.24) is 4.98 Å². The van der Waals surface area contributed by atoms with Crippen molar-refractivity contribution >= 4 is 27.3 Å². The molecule has 0 aliphatic carbocycles. The van der Waals surface area contributed by atoms with Gasteiger partial charge in [0, 0.05) is 10.8 Å². The molecule has 0 atom stereocenters. The minimum Gasteiger partial charge on any atom is -0.243 e. The van der Waals surface area contributed by atoms with E-state index in [0.717, 1.165) is 5.65 Å². The van der Waals surface area contributed by atoms with E-state index in [1.165, 1.54) is 21.7 Å². The smallest absolute Gasteiger partial charge is 0.243 e. The number of rotatable bonds is 0. The highest BCUT2D eigenvalue weighted by molar-refractivity contribution is 6.08. The molecule has 2 heteroatoms. The van der Waals surface area contributed by atoms with E-state index < -0.39 is 0 Å². The number of aromatic nitrogens is 2. The Bertz CT molecular complexity index is 773. The van der Waals surface area contributed by atoms with Gasteiger partial charge >= 0.3 is 0 Å². The normalized spacial score (nSPS) is 11.5. The number of para-hydroxylation sites is 1. The molecule has 4 aromatic rings. The molecule has 1 N–H and O–H groups in total. The molecule has 4 rings (SSSR count).